The fourth-order valence-electron chi connectivity index (χ4n) is 5.20. The Labute approximate surface area is 247 Å². The number of halogens is 1. The van der Waals surface area contributed by atoms with E-state index < -0.39 is 11.0 Å². The predicted molar refractivity (Wildman–Crippen MR) is 163 cm³/mol. The minimum absolute atomic E-state index is 0.0338. The molecule has 1 amide bonds. The number of aromatic nitrogens is 1. The summed E-state index contributed by atoms with van der Waals surface area (Å²) >= 11 is 0. The van der Waals surface area contributed by atoms with Gasteiger partial charge in [0.15, 0.2) is 0 Å². The van der Waals surface area contributed by atoms with E-state index in [1.807, 2.05) is 26.8 Å². The highest BCUT2D eigenvalue weighted by molar-refractivity contribution is 5.81. The Hall–Kier alpha value is -3.65. The van der Waals surface area contributed by atoms with Gasteiger partial charge >= 0.3 is 0 Å². The summed E-state index contributed by atoms with van der Waals surface area (Å²) in [5.41, 5.74) is 1.43. The Morgan fingerprint density at radius 1 is 0.952 bits per heavy atom. The first-order chi connectivity index (χ1) is 19.5. The maximum Gasteiger partial charge on any atom is 0.254 e. The Bertz CT molecular complexity index is 1500. The molecule has 42 heavy (non-hydrogen) atoms. The first-order valence-electron chi connectivity index (χ1n) is 14.5. The van der Waals surface area contributed by atoms with Crippen molar-refractivity contribution in [2.75, 3.05) is 0 Å². The zero-order chi connectivity index (χ0) is 31.0. The SMILES string of the molecule is Cc1cc(F)cc(C)c1Oc1ccc(C(C)(C)O)cc1-c1cn(C)c(=O)cc1OC1CCC(NC(=O)C(C)(C)C)CC1. The first-order valence-corrected chi connectivity index (χ1v) is 14.5. The van der Waals surface area contributed by atoms with Crippen molar-refractivity contribution in [1.29, 1.82) is 0 Å². The second kappa shape index (κ2) is 11.9. The predicted octanol–water partition coefficient (Wildman–Crippen LogP) is 6.68. The molecule has 0 radical (unpaired) electrons. The average Bonchev–Trinajstić information content (AvgIpc) is 2.88. The molecule has 0 spiro atoms. The normalized spacial score (nSPS) is 17.6. The number of amides is 1. The maximum absolute atomic E-state index is 14.0. The summed E-state index contributed by atoms with van der Waals surface area (Å²) in [4.78, 5) is 25.3. The van der Waals surface area contributed by atoms with E-state index in [4.69, 9.17) is 9.47 Å². The van der Waals surface area contributed by atoms with Crippen LogP contribution in [-0.2, 0) is 17.4 Å². The zero-order valence-electron chi connectivity index (χ0n) is 25.9. The number of hydrogen-bond acceptors (Lipinski definition) is 5. The molecule has 0 unspecified atom stereocenters. The van der Waals surface area contributed by atoms with Crippen molar-refractivity contribution in [3.05, 3.63) is 75.5 Å². The van der Waals surface area contributed by atoms with Gasteiger partial charge in [-0.25, -0.2) is 4.39 Å². The van der Waals surface area contributed by atoms with Gasteiger partial charge in [-0.3, -0.25) is 9.59 Å². The van der Waals surface area contributed by atoms with Gasteiger partial charge in [0.2, 0.25) is 5.91 Å². The Balaban J connectivity index is 1.70. The number of carbonyl (C=O) groups is 1. The molecule has 3 aromatic rings. The molecule has 2 aromatic carbocycles. The molecule has 2 N–H and O–H groups in total. The molecular weight excluding hydrogens is 535 g/mol. The van der Waals surface area contributed by atoms with Crippen LogP contribution in [0.3, 0.4) is 0 Å². The molecule has 0 bridgehead atoms. The topological polar surface area (TPSA) is 89.8 Å². The van der Waals surface area contributed by atoms with Crippen molar-refractivity contribution in [2.45, 2.75) is 91.9 Å². The van der Waals surface area contributed by atoms with Crippen molar-refractivity contribution in [2.24, 2.45) is 12.5 Å². The van der Waals surface area contributed by atoms with Gasteiger partial charge in [-0.05, 0) is 94.3 Å². The van der Waals surface area contributed by atoms with Crippen molar-refractivity contribution in [1.82, 2.24) is 9.88 Å². The summed E-state index contributed by atoms with van der Waals surface area (Å²) in [6.07, 6.45) is 4.59. The summed E-state index contributed by atoms with van der Waals surface area (Å²) in [6.45, 7) is 12.7. The quantitative estimate of drug-likeness (QED) is 0.327. The van der Waals surface area contributed by atoms with Crippen molar-refractivity contribution >= 4 is 5.91 Å². The molecule has 4 rings (SSSR count). The summed E-state index contributed by atoms with van der Waals surface area (Å²) in [6, 6.07) is 9.84. The third kappa shape index (κ3) is 7.21. The van der Waals surface area contributed by atoms with Gasteiger partial charge in [0, 0.05) is 41.9 Å². The molecule has 1 aliphatic rings. The van der Waals surface area contributed by atoms with Crippen LogP contribution in [0.15, 0.2) is 47.4 Å². The Morgan fingerprint density at radius 2 is 1.57 bits per heavy atom. The maximum atomic E-state index is 14.0. The van der Waals surface area contributed by atoms with E-state index in [0.717, 1.165) is 25.7 Å². The van der Waals surface area contributed by atoms with Crippen LogP contribution >= 0.6 is 0 Å². The number of rotatable bonds is 7. The Morgan fingerprint density at radius 3 is 2.14 bits per heavy atom. The van der Waals surface area contributed by atoms with Crippen LogP contribution in [0.25, 0.3) is 11.1 Å². The molecule has 1 heterocycles. The van der Waals surface area contributed by atoms with Crippen LogP contribution in [0.2, 0.25) is 0 Å². The van der Waals surface area contributed by atoms with Crippen LogP contribution in [-0.4, -0.2) is 27.7 Å². The number of nitrogens with zero attached hydrogens (tertiary/aromatic N) is 1. The third-order valence-corrected chi connectivity index (χ3v) is 7.79. The lowest BCUT2D eigenvalue weighted by Gasteiger charge is -2.32. The van der Waals surface area contributed by atoms with E-state index in [9.17, 15) is 19.1 Å². The molecule has 226 valence electrons. The average molecular weight is 579 g/mol. The van der Waals surface area contributed by atoms with Gasteiger partial charge in [0.25, 0.3) is 5.56 Å². The second-order valence-corrected chi connectivity index (χ2v) is 13.1. The first kappa shape index (κ1) is 31.3. The lowest BCUT2D eigenvalue weighted by atomic mass is 9.90. The number of carbonyl (C=O) groups excluding carboxylic acids is 1. The van der Waals surface area contributed by atoms with Gasteiger partial charge in [-0.15, -0.1) is 0 Å². The van der Waals surface area contributed by atoms with E-state index in [1.54, 1.807) is 53.1 Å². The number of ether oxygens (including phenoxy) is 2. The lowest BCUT2D eigenvalue weighted by molar-refractivity contribution is -0.129. The molecule has 0 atom stereocenters. The lowest BCUT2D eigenvalue weighted by Crippen LogP contribution is -2.44. The molecule has 1 fully saturated rings. The third-order valence-electron chi connectivity index (χ3n) is 7.79. The number of nitrogens with one attached hydrogen (secondary N) is 1. The number of aliphatic hydroxyl groups is 1. The van der Waals surface area contributed by atoms with Crippen LogP contribution in [0.5, 0.6) is 17.2 Å². The molecule has 0 aliphatic heterocycles. The summed E-state index contributed by atoms with van der Waals surface area (Å²) < 4.78 is 28.4. The van der Waals surface area contributed by atoms with Crippen molar-refractivity contribution < 1.29 is 23.8 Å². The van der Waals surface area contributed by atoms with E-state index >= 15 is 0 Å². The highest BCUT2D eigenvalue weighted by Crippen LogP contribution is 2.42. The standard InChI is InChI=1S/C34H43FN2O5/c1-20-15-23(35)16-21(2)31(20)42-28-14-9-22(34(6,7)40)17-26(28)27-19-37(8)30(38)18-29(27)41-25-12-10-24(11-13-25)36-32(39)33(3,4)5/h9,14-19,24-25,40H,10-13H2,1-8H3,(H,36,39). The highest BCUT2D eigenvalue weighted by atomic mass is 19.1. The monoisotopic (exact) mass is 578 g/mol. The van der Waals surface area contributed by atoms with E-state index in [0.29, 0.717) is 45.1 Å². The Kier molecular flexibility index (Phi) is 8.88. The van der Waals surface area contributed by atoms with Gasteiger partial charge in [-0.2, -0.15) is 0 Å². The number of aryl methyl sites for hydroxylation is 3. The summed E-state index contributed by atoms with van der Waals surface area (Å²) in [7, 11) is 1.67. The fourth-order valence-corrected chi connectivity index (χ4v) is 5.20. The van der Waals surface area contributed by atoms with Gasteiger partial charge in [0.1, 0.15) is 23.1 Å². The summed E-state index contributed by atoms with van der Waals surface area (Å²) in [5, 5.41) is 14.0. The van der Waals surface area contributed by atoms with Crippen molar-refractivity contribution in [3.63, 3.8) is 0 Å². The fraction of sp³-hybridized carbons (Fsp3) is 0.471. The molecular formula is C34H43FN2O5. The summed E-state index contributed by atoms with van der Waals surface area (Å²) in [5.74, 6) is 1.14. The zero-order valence-corrected chi connectivity index (χ0v) is 25.9. The van der Waals surface area contributed by atoms with Crippen LogP contribution < -0.4 is 20.3 Å². The number of benzene rings is 2. The molecule has 0 saturated heterocycles. The van der Waals surface area contributed by atoms with E-state index in [-0.39, 0.29) is 29.4 Å². The number of pyridine rings is 1. The second-order valence-electron chi connectivity index (χ2n) is 13.1. The number of hydrogen-bond donors (Lipinski definition) is 2. The van der Waals surface area contributed by atoms with Gasteiger partial charge in [-0.1, -0.05) is 26.8 Å². The van der Waals surface area contributed by atoms with E-state index in [2.05, 4.69) is 5.32 Å². The molecule has 1 aromatic heterocycles. The minimum Gasteiger partial charge on any atom is -0.490 e. The van der Waals surface area contributed by atoms with Crippen molar-refractivity contribution in [3.8, 4) is 28.4 Å². The van der Waals surface area contributed by atoms with Crippen LogP contribution in [0.4, 0.5) is 4.39 Å². The smallest absolute Gasteiger partial charge is 0.254 e. The van der Waals surface area contributed by atoms with Crippen LogP contribution in [0.1, 0.15) is 77.0 Å². The molecule has 1 aliphatic carbocycles. The van der Waals surface area contributed by atoms with E-state index in [1.165, 1.54) is 22.8 Å². The molecule has 1 saturated carbocycles. The van der Waals surface area contributed by atoms with Gasteiger partial charge in [0.05, 0.1) is 11.7 Å². The minimum atomic E-state index is -1.13. The highest BCUT2D eigenvalue weighted by Gasteiger charge is 2.29. The largest absolute Gasteiger partial charge is 0.490 e. The van der Waals surface area contributed by atoms with Crippen LogP contribution in [0, 0.1) is 25.1 Å². The molecule has 7 nitrogen and oxygen atoms in total. The molecule has 8 heteroatoms. The van der Waals surface area contributed by atoms with Gasteiger partial charge < -0.3 is 24.5 Å².